The van der Waals surface area contributed by atoms with Gasteiger partial charge in [0.1, 0.15) is 13.7 Å². The van der Waals surface area contributed by atoms with Gasteiger partial charge < -0.3 is 19.0 Å². The van der Waals surface area contributed by atoms with Crippen molar-refractivity contribution in [1.82, 2.24) is 0 Å². The fourth-order valence-electron chi connectivity index (χ4n) is 2.55. The zero-order valence-corrected chi connectivity index (χ0v) is 19.4. The molecule has 0 amide bonds. The van der Waals surface area contributed by atoms with Crippen molar-refractivity contribution in [2.75, 3.05) is 20.8 Å². The lowest BCUT2D eigenvalue weighted by molar-refractivity contribution is -0.132. The number of methoxy groups -OCH3 is 1. The summed E-state index contributed by atoms with van der Waals surface area (Å²) in [6, 6.07) is 12.9. The number of nitrogens with zero attached hydrogens (tertiary/aromatic N) is 1. The van der Waals surface area contributed by atoms with Crippen LogP contribution in [0.2, 0.25) is 0 Å². The number of hydrogen-bond acceptors (Lipinski definition) is 6. The van der Waals surface area contributed by atoms with Gasteiger partial charge in [0.05, 0.1) is 17.1 Å². The van der Waals surface area contributed by atoms with Gasteiger partial charge in [0.2, 0.25) is 0 Å². The average Bonchev–Trinajstić information content (AvgIpc) is 2.71. The first-order valence-electron chi connectivity index (χ1n) is 8.70. The Labute approximate surface area is 186 Å². The molecule has 0 saturated carbocycles. The number of ether oxygens (including phenoxy) is 3. The standard InChI is InChI=1S/C21H21Br2NO5/c1-4-28-18-11-14(12-19(22)23)9-10-17(18)29-13-15-7-5-6-8-16(15)20(24-27-3)21(25)26-2/h5-12H,4,13H2,1-3H3. The first kappa shape index (κ1) is 23.0. The molecule has 2 aromatic rings. The van der Waals surface area contributed by atoms with Gasteiger partial charge >= 0.3 is 5.97 Å². The molecule has 2 aromatic carbocycles. The van der Waals surface area contributed by atoms with Crippen LogP contribution in [0.25, 0.3) is 6.08 Å². The van der Waals surface area contributed by atoms with Gasteiger partial charge in [-0.25, -0.2) is 4.79 Å². The van der Waals surface area contributed by atoms with Crippen molar-refractivity contribution < 1.29 is 23.8 Å². The molecule has 154 valence electrons. The fourth-order valence-corrected chi connectivity index (χ4v) is 3.07. The number of halogens is 2. The van der Waals surface area contributed by atoms with Gasteiger partial charge in [-0.15, -0.1) is 0 Å². The van der Waals surface area contributed by atoms with Crippen LogP contribution < -0.4 is 9.47 Å². The molecule has 0 fully saturated rings. The van der Waals surface area contributed by atoms with E-state index in [0.29, 0.717) is 23.7 Å². The summed E-state index contributed by atoms with van der Waals surface area (Å²) >= 11 is 6.71. The molecule has 0 radical (unpaired) electrons. The summed E-state index contributed by atoms with van der Waals surface area (Å²) < 4.78 is 17.3. The van der Waals surface area contributed by atoms with Crippen molar-refractivity contribution >= 4 is 49.6 Å². The Morgan fingerprint density at radius 3 is 2.48 bits per heavy atom. The highest BCUT2D eigenvalue weighted by Gasteiger charge is 2.19. The quantitative estimate of drug-likeness (QED) is 0.253. The van der Waals surface area contributed by atoms with E-state index in [1.165, 1.54) is 14.2 Å². The average molecular weight is 527 g/mol. The highest BCUT2D eigenvalue weighted by molar-refractivity contribution is 9.28. The summed E-state index contributed by atoms with van der Waals surface area (Å²) in [4.78, 5) is 16.9. The third kappa shape index (κ3) is 6.61. The molecule has 2 rings (SSSR count). The minimum atomic E-state index is -0.592. The van der Waals surface area contributed by atoms with Crippen LogP contribution in [0.15, 0.2) is 51.0 Å². The Morgan fingerprint density at radius 1 is 1.07 bits per heavy atom. The second-order valence-electron chi connectivity index (χ2n) is 5.63. The van der Waals surface area contributed by atoms with Crippen molar-refractivity contribution in [3.63, 3.8) is 0 Å². The lowest BCUT2D eigenvalue weighted by Gasteiger charge is -2.15. The Balaban J connectivity index is 2.32. The van der Waals surface area contributed by atoms with Gasteiger partial charge in [-0.3, -0.25) is 0 Å². The van der Waals surface area contributed by atoms with E-state index in [0.717, 1.165) is 14.5 Å². The zero-order chi connectivity index (χ0) is 21.2. The molecule has 0 aliphatic heterocycles. The SMILES string of the molecule is CCOc1cc(C=C(Br)Br)ccc1OCc1ccccc1C(=NOC)C(=O)OC. The van der Waals surface area contributed by atoms with Crippen molar-refractivity contribution in [1.29, 1.82) is 0 Å². The van der Waals surface area contributed by atoms with Gasteiger partial charge in [-0.2, -0.15) is 0 Å². The third-order valence-electron chi connectivity index (χ3n) is 3.76. The number of carbonyl (C=O) groups excluding carboxylic acids is 1. The van der Waals surface area contributed by atoms with Crippen LogP contribution in [0.5, 0.6) is 11.5 Å². The summed E-state index contributed by atoms with van der Waals surface area (Å²) in [7, 11) is 2.67. The van der Waals surface area contributed by atoms with E-state index < -0.39 is 5.97 Å². The van der Waals surface area contributed by atoms with E-state index >= 15 is 0 Å². The van der Waals surface area contributed by atoms with Crippen LogP contribution in [0.3, 0.4) is 0 Å². The molecule has 0 bridgehead atoms. The van der Waals surface area contributed by atoms with Crippen LogP contribution in [0.1, 0.15) is 23.6 Å². The molecule has 0 heterocycles. The minimum absolute atomic E-state index is 0.0712. The van der Waals surface area contributed by atoms with Gasteiger partial charge in [0, 0.05) is 5.56 Å². The molecule has 0 saturated heterocycles. The Morgan fingerprint density at radius 2 is 1.83 bits per heavy atom. The van der Waals surface area contributed by atoms with Gasteiger partial charge in [-0.1, -0.05) is 35.5 Å². The van der Waals surface area contributed by atoms with E-state index in [2.05, 4.69) is 37.0 Å². The van der Waals surface area contributed by atoms with E-state index in [4.69, 9.17) is 19.0 Å². The number of carbonyl (C=O) groups is 1. The van der Waals surface area contributed by atoms with Crippen molar-refractivity contribution in [3.8, 4) is 11.5 Å². The molecule has 8 heteroatoms. The van der Waals surface area contributed by atoms with Gasteiger partial charge in [0.25, 0.3) is 0 Å². The maximum Gasteiger partial charge on any atom is 0.360 e. The second-order valence-corrected chi connectivity index (χ2v) is 8.41. The number of esters is 1. The molecule has 0 unspecified atom stereocenters. The lowest BCUT2D eigenvalue weighted by Crippen LogP contribution is -2.19. The van der Waals surface area contributed by atoms with Crippen LogP contribution in [-0.2, 0) is 21.0 Å². The van der Waals surface area contributed by atoms with Gasteiger partial charge in [0.15, 0.2) is 17.2 Å². The molecular weight excluding hydrogens is 506 g/mol. The number of benzene rings is 2. The van der Waals surface area contributed by atoms with Crippen molar-refractivity contribution in [3.05, 3.63) is 62.5 Å². The van der Waals surface area contributed by atoms with E-state index in [-0.39, 0.29) is 12.3 Å². The van der Waals surface area contributed by atoms with Gasteiger partial charge in [-0.05, 0) is 68.1 Å². The minimum Gasteiger partial charge on any atom is -0.490 e. The van der Waals surface area contributed by atoms with Crippen LogP contribution >= 0.6 is 31.9 Å². The maximum absolute atomic E-state index is 12.1. The van der Waals surface area contributed by atoms with E-state index in [1.807, 2.05) is 43.3 Å². The summed E-state index contributed by atoms with van der Waals surface area (Å²) in [6.07, 6.45) is 1.91. The summed E-state index contributed by atoms with van der Waals surface area (Å²) in [5, 5.41) is 3.81. The normalized spacial score (nSPS) is 10.9. The summed E-state index contributed by atoms with van der Waals surface area (Å²) in [5.41, 5.74) is 2.34. The fraction of sp³-hybridized carbons (Fsp3) is 0.238. The van der Waals surface area contributed by atoms with E-state index in [9.17, 15) is 4.79 Å². The van der Waals surface area contributed by atoms with Crippen LogP contribution in [0.4, 0.5) is 0 Å². The molecule has 0 aromatic heterocycles. The van der Waals surface area contributed by atoms with Crippen LogP contribution in [-0.4, -0.2) is 32.5 Å². The second kappa shape index (κ2) is 11.6. The Bertz CT molecular complexity index is 908. The summed E-state index contributed by atoms with van der Waals surface area (Å²) in [5.74, 6) is 0.623. The monoisotopic (exact) mass is 525 g/mol. The molecule has 0 aliphatic carbocycles. The molecule has 0 atom stereocenters. The predicted molar refractivity (Wildman–Crippen MR) is 120 cm³/mol. The van der Waals surface area contributed by atoms with Crippen molar-refractivity contribution in [2.24, 2.45) is 5.16 Å². The molecular formula is C21H21Br2NO5. The predicted octanol–water partition coefficient (Wildman–Crippen LogP) is 5.28. The molecule has 29 heavy (non-hydrogen) atoms. The molecule has 6 nitrogen and oxygen atoms in total. The zero-order valence-electron chi connectivity index (χ0n) is 16.3. The van der Waals surface area contributed by atoms with Crippen molar-refractivity contribution in [2.45, 2.75) is 13.5 Å². The largest absolute Gasteiger partial charge is 0.490 e. The third-order valence-corrected chi connectivity index (χ3v) is 4.22. The van der Waals surface area contributed by atoms with E-state index in [1.54, 1.807) is 12.1 Å². The Kier molecular flexibility index (Phi) is 9.21. The highest BCUT2D eigenvalue weighted by Crippen LogP contribution is 2.31. The Hall–Kier alpha value is -2.32. The lowest BCUT2D eigenvalue weighted by atomic mass is 10.0. The highest BCUT2D eigenvalue weighted by atomic mass is 79.9. The first-order valence-corrected chi connectivity index (χ1v) is 10.3. The first-order chi connectivity index (χ1) is 14.0. The molecule has 0 spiro atoms. The topological polar surface area (TPSA) is 66.3 Å². The maximum atomic E-state index is 12.1. The van der Waals surface area contributed by atoms with Crippen LogP contribution in [0, 0.1) is 0 Å². The number of hydrogen-bond donors (Lipinski definition) is 0. The number of oxime groups is 1. The molecule has 0 aliphatic rings. The smallest absolute Gasteiger partial charge is 0.360 e. The number of rotatable bonds is 9. The molecule has 0 N–H and O–H groups in total. The summed E-state index contributed by atoms with van der Waals surface area (Å²) in [6.45, 7) is 2.61.